The zero-order valence-corrected chi connectivity index (χ0v) is 35.7. The fourth-order valence-electron chi connectivity index (χ4n) is 8.04. The summed E-state index contributed by atoms with van der Waals surface area (Å²) in [6.07, 6.45) is 3.60. The highest BCUT2D eigenvalue weighted by Crippen LogP contribution is 2.56. The molecule has 2 heteroatoms. The van der Waals surface area contributed by atoms with Gasteiger partial charge in [-0.3, -0.25) is 0 Å². The molecule has 2 nitrogen and oxygen atoms in total. The Kier molecular flexibility index (Phi) is 15.1. The molecular weight excluding hydrogens is 705 g/mol. The third kappa shape index (κ3) is 8.58. The van der Waals surface area contributed by atoms with Gasteiger partial charge in [-0.1, -0.05) is 202 Å². The highest BCUT2D eigenvalue weighted by molar-refractivity contribution is 5.92. The number of hydrogen-bond acceptors (Lipinski definition) is 2. The largest absolute Gasteiger partial charge is 0.508 e. The number of benzene rings is 8. The van der Waals surface area contributed by atoms with Crippen molar-refractivity contribution in [3.05, 3.63) is 203 Å². The molecule has 0 radical (unpaired) electrons. The molecule has 0 saturated carbocycles. The summed E-state index contributed by atoms with van der Waals surface area (Å²) in [6.45, 7) is 16.5. The minimum Gasteiger partial charge on any atom is -0.508 e. The van der Waals surface area contributed by atoms with Crippen LogP contribution in [0.25, 0.3) is 43.8 Å². The molecule has 0 spiro atoms. The van der Waals surface area contributed by atoms with E-state index in [4.69, 9.17) is 0 Å². The first-order valence-electron chi connectivity index (χ1n) is 21.2. The summed E-state index contributed by atoms with van der Waals surface area (Å²) in [4.78, 5) is 0. The van der Waals surface area contributed by atoms with Crippen LogP contribution in [0.4, 0.5) is 0 Å². The summed E-state index contributed by atoms with van der Waals surface area (Å²) < 4.78 is 0. The molecule has 2 aliphatic rings. The molecule has 0 saturated heterocycles. The number of fused-ring (bicyclic) bond motifs is 8. The van der Waals surface area contributed by atoms with Crippen molar-refractivity contribution in [2.45, 2.75) is 80.1 Å². The molecule has 58 heavy (non-hydrogen) atoms. The number of phenolic OH excluding ortho intramolecular Hbond substituents is 2. The first-order chi connectivity index (χ1) is 28.4. The van der Waals surface area contributed by atoms with Gasteiger partial charge >= 0.3 is 0 Å². The lowest BCUT2D eigenvalue weighted by Crippen LogP contribution is -2.28. The van der Waals surface area contributed by atoms with Gasteiger partial charge in [-0.2, -0.15) is 0 Å². The normalized spacial score (nSPS) is 11.8. The van der Waals surface area contributed by atoms with Gasteiger partial charge in [0.25, 0.3) is 0 Å². The Hall–Kier alpha value is -6.12. The fourth-order valence-corrected chi connectivity index (χ4v) is 8.04. The Morgan fingerprint density at radius 3 is 1.09 bits per heavy atom. The predicted octanol–water partition coefficient (Wildman–Crippen LogP) is 15.9. The van der Waals surface area contributed by atoms with Crippen LogP contribution in [-0.2, 0) is 11.8 Å². The smallest absolute Gasteiger partial charge is 0.116 e. The minimum absolute atomic E-state index is 0.273. The number of phenols is 2. The summed E-state index contributed by atoms with van der Waals surface area (Å²) in [6, 6.07) is 58.9. The highest BCUT2D eigenvalue weighted by atomic mass is 16.3. The second-order valence-corrected chi connectivity index (χ2v) is 14.2. The van der Waals surface area contributed by atoms with Gasteiger partial charge in [-0.15, -0.1) is 0 Å². The number of aromatic hydroxyl groups is 2. The lowest BCUT2D eigenvalue weighted by Gasteiger charge is -2.34. The maximum Gasteiger partial charge on any atom is 0.116 e. The van der Waals surface area contributed by atoms with Gasteiger partial charge in [0.2, 0.25) is 0 Å². The van der Waals surface area contributed by atoms with E-state index in [0.717, 1.165) is 28.0 Å². The van der Waals surface area contributed by atoms with E-state index in [-0.39, 0.29) is 11.5 Å². The molecule has 0 heterocycles. The summed E-state index contributed by atoms with van der Waals surface area (Å²) in [5, 5.41) is 24.2. The lowest BCUT2D eigenvalue weighted by atomic mass is 9.67. The van der Waals surface area contributed by atoms with E-state index >= 15 is 0 Å². The fraction of sp³-hybridized carbons (Fsp3) is 0.214. The van der Waals surface area contributed by atoms with Crippen LogP contribution in [0.5, 0.6) is 11.5 Å². The standard InChI is InChI=1S/C33H22O2.C13H10.2C3H8.2C2H6/c34-27-15-11-21-17-25(13-9-23(21)19-27)33(26-14-10-24-20-28(35)16-12-22(24)18-26)31-7-3-1-5-29(31)30-6-2-4-8-32(30)33;1-3-7-12-10(5-1)9-11-6-2-4-8-13(11)12;2*1-3-2;2*1-2/h1-20,34-35H;1-8H,9H2;2*3H2,1-2H3;2*1-2H3. The van der Waals surface area contributed by atoms with Crippen molar-refractivity contribution in [3.8, 4) is 33.8 Å². The summed E-state index contributed by atoms with van der Waals surface area (Å²) in [5.41, 5.74) is 12.7. The third-order valence-corrected chi connectivity index (χ3v) is 10.2. The van der Waals surface area contributed by atoms with E-state index in [0.29, 0.717) is 0 Å². The van der Waals surface area contributed by atoms with Gasteiger partial charge in [0.05, 0.1) is 5.41 Å². The van der Waals surface area contributed by atoms with E-state index in [9.17, 15) is 10.2 Å². The van der Waals surface area contributed by atoms with Crippen molar-refractivity contribution in [2.75, 3.05) is 0 Å². The molecule has 8 aromatic rings. The second kappa shape index (κ2) is 20.3. The van der Waals surface area contributed by atoms with Crippen molar-refractivity contribution < 1.29 is 10.2 Å². The van der Waals surface area contributed by atoms with E-state index in [2.05, 4.69) is 161 Å². The van der Waals surface area contributed by atoms with Gasteiger partial charge in [-0.25, -0.2) is 0 Å². The van der Waals surface area contributed by atoms with E-state index < -0.39 is 5.41 Å². The van der Waals surface area contributed by atoms with Crippen molar-refractivity contribution in [3.63, 3.8) is 0 Å². The molecule has 0 aliphatic heterocycles. The van der Waals surface area contributed by atoms with Crippen LogP contribution in [0.15, 0.2) is 170 Å². The van der Waals surface area contributed by atoms with Crippen LogP contribution in [-0.4, -0.2) is 10.2 Å². The zero-order valence-electron chi connectivity index (χ0n) is 35.7. The Morgan fingerprint density at radius 1 is 0.379 bits per heavy atom. The van der Waals surface area contributed by atoms with Crippen molar-refractivity contribution in [1.29, 1.82) is 0 Å². The number of hydrogen-bond donors (Lipinski definition) is 2. The predicted molar refractivity (Wildman–Crippen MR) is 251 cm³/mol. The zero-order chi connectivity index (χ0) is 41.7. The SMILES string of the molecule is CC.CC.CCC.CCC.Oc1ccc2cc(C3(c4ccc5cc(O)ccc5c4)c4ccccc4-c4ccccc43)ccc2c1.c1ccc2c(c1)Cc1ccccc1-2. The van der Waals surface area contributed by atoms with Crippen LogP contribution in [0, 0.1) is 0 Å². The molecule has 0 amide bonds. The molecular formula is C56H60O2. The first-order valence-corrected chi connectivity index (χ1v) is 21.2. The Morgan fingerprint density at radius 2 is 0.690 bits per heavy atom. The summed E-state index contributed by atoms with van der Waals surface area (Å²) in [5.74, 6) is 0.545. The van der Waals surface area contributed by atoms with Crippen LogP contribution in [0.1, 0.15) is 102 Å². The Bertz CT molecular complexity index is 2380. The average molecular weight is 765 g/mol. The molecule has 2 N–H and O–H groups in total. The molecule has 0 unspecified atom stereocenters. The molecule has 0 atom stereocenters. The highest BCUT2D eigenvalue weighted by Gasteiger charge is 2.46. The van der Waals surface area contributed by atoms with Crippen molar-refractivity contribution in [2.24, 2.45) is 0 Å². The molecule has 0 bridgehead atoms. The van der Waals surface area contributed by atoms with Gasteiger partial charge in [-0.05, 0) is 120 Å². The van der Waals surface area contributed by atoms with E-state index in [1.807, 2.05) is 52.0 Å². The topological polar surface area (TPSA) is 40.5 Å². The molecule has 0 fully saturated rings. The molecule has 10 rings (SSSR count). The van der Waals surface area contributed by atoms with Crippen LogP contribution in [0.3, 0.4) is 0 Å². The van der Waals surface area contributed by atoms with E-state index in [1.54, 1.807) is 12.1 Å². The molecule has 296 valence electrons. The minimum atomic E-state index is -0.495. The second-order valence-electron chi connectivity index (χ2n) is 14.2. The Balaban J connectivity index is 0.000000230. The maximum atomic E-state index is 10.0. The van der Waals surface area contributed by atoms with Crippen LogP contribution in [0.2, 0.25) is 0 Å². The summed E-state index contributed by atoms with van der Waals surface area (Å²) >= 11 is 0. The molecule has 8 aromatic carbocycles. The van der Waals surface area contributed by atoms with Crippen LogP contribution < -0.4 is 0 Å². The van der Waals surface area contributed by atoms with Gasteiger partial charge in [0.15, 0.2) is 0 Å². The molecule has 2 aliphatic carbocycles. The van der Waals surface area contributed by atoms with Gasteiger partial charge in [0.1, 0.15) is 11.5 Å². The van der Waals surface area contributed by atoms with Gasteiger partial charge in [0, 0.05) is 0 Å². The summed E-state index contributed by atoms with van der Waals surface area (Å²) in [7, 11) is 0. The van der Waals surface area contributed by atoms with Crippen LogP contribution >= 0.6 is 0 Å². The van der Waals surface area contributed by atoms with Crippen molar-refractivity contribution >= 4 is 21.5 Å². The lowest BCUT2D eigenvalue weighted by molar-refractivity contribution is 0.475. The molecule has 0 aromatic heterocycles. The van der Waals surface area contributed by atoms with Gasteiger partial charge < -0.3 is 10.2 Å². The quantitative estimate of drug-likeness (QED) is 0.184. The third-order valence-electron chi connectivity index (χ3n) is 10.2. The number of rotatable bonds is 2. The first kappa shape index (κ1) is 43.0. The Labute approximate surface area is 347 Å². The monoisotopic (exact) mass is 764 g/mol. The maximum absolute atomic E-state index is 10.0. The van der Waals surface area contributed by atoms with E-state index in [1.165, 1.54) is 68.5 Å². The van der Waals surface area contributed by atoms with Crippen molar-refractivity contribution in [1.82, 2.24) is 0 Å². The average Bonchev–Trinajstić information content (AvgIpc) is 3.80.